The highest BCUT2D eigenvalue weighted by Crippen LogP contribution is 2.39. The molecule has 1 heterocycles. The smallest absolute Gasteiger partial charge is 0.416 e. The molecule has 0 fully saturated rings. The summed E-state index contributed by atoms with van der Waals surface area (Å²) in [4.78, 5) is 23.6. The maximum Gasteiger partial charge on any atom is 0.416 e. The zero-order chi connectivity index (χ0) is 29.0. The zero-order valence-corrected chi connectivity index (χ0v) is 21.6. The number of ether oxygens (including phenoxy) is 1. The van der Waals surface area contributed by atoms with Crippen LogP contribution in [0.2, 0.25) is 0 Å². The molecule has 0 aliphatic carbocycles. The highest BCUT2D eigenvalue weighted by molar-refractivity contribution is 6.00. The predicted molar refractivity (Wildman–Crippen MR) is 134 cm³/mol. The number of benzene rings is 2. The number of methoxy groups -OCH3 is 1. The van der Waals surface area contributed by atoms with Gasteiger partial charge in [0, 0.05) is 37.7 Å². The Morgan fingerprint density at radius 2 is 1.59 bits per heavy atom. The Morgan fingerprint density at radius 3 is 2.13 bits per heavy atom. The maximum absolute atomic E-state index is 13.5. The Kier molecular flexibility index (Phi) is 9.05. The average Bonchev–Trinajstić information content (AvgIpc) is 2.86. The summed E-state index contributed by atoms with van der Waals surface area (Å²) in [6, 6.07) is 7.85. The van der Waals surface area contributed by atoms with Gasteiger partial charge in [0.1, 0.15) is 11.4 Å². The second-order valence-electron chi connectivity index (χ2n) is 8.82. The van der Waals surface area contributed by atoms with E-state index in [4.69, 9.17) is 4.74 Å². The maximum atomic E-state index is 13.5. The number of hydrogen-bond acceptors (Lipinski definition) is 6. The number of alkyl halides is 6. The number of anilines is 1. The van der Waals surface area contributed by atoms with Gasteiger partial charge in [-0.2, -0.15) is 26.3 Å². The molecular weight excluding hydrogens is 528 g/mol. The number of likely N-dealkylation sites (N-methyl/N-ethyl adjacent to an activating group) is 1. The first-order chi connectivity index (χ1) is 18.2. The van der Waals surface area contributed by atoms with Crippen molar-refractivity contribution in [1.29, 1.82) is 0 Å². The van der Waals surface area contributed by atoms with Gasteiger partial charge in [-0.25, -0.2) is 9.97 Å². The third-order valence-electron chi connectivity index (χ3n) is 5.66. The predicted octanol–water partition coefficient (Wildman–Crippen LogP) is 5.11. The van der Waals surface area contributed by atoms with E-state index in [1.807, 2.05) is 19.0 Å². The van der Waals surface area contributed by atoms with Crippen molar-refractivity contribution in [1.82, 2.24) is 20.2 Å². The van der Waals surface area contributed by atoms with Crippen molar-refractivity contribution in [3.05, 3.63) is 70.5 Å². The fourth-order valence-electron chi connectivity index (χ4n) is 3.84. The number of nitrogens with zero attached hydrogens (tertiary/aromatic N) is 3. The number of rotatable bonds is 9. The Balaban J connectivity index is 2.29. The molecular formula is C26H27F6N5O2. The Hall–Kier alpha value is -3.87. The second-order valence-corrected chi connectivity index (χ2v) is 8.82. The fourth-order valence-corrected chi connectivity index (χ4v) is 3.84. The first kappa shape index (κ1) is 29.7. The van der Waals surface area contributed by atoms with Gasteiger partial charge in [-0.1, -0.05) is 18.2 Å². The summed E-state index contributed by atoms with van der Waals surface area (Å²) in [7, 11) is 6.43. The molecule has 3 aromatic rings. The lowest BCUT2D eigenvalue weighted by molar-refractivity contribution is -0.143. The van der Waals surface area contributed by atoms with Crippen molar-refractivity contribution >= 4 is 11.9 Å². The van der Waals surface area contributed by atoms with Crippen LogP contribution in [0.3, 0.4) is 0 Å². The first-order valence-corrected chi connectivity index (χ1v) is 11.7. The zero-order valence-electron chi connectivity index (χ0n) is 21.6. The molecule has 39 heavy (non-hydrogen) atoms. The number of halogens is 6. The largest absolute Gasteiger partial charge is 0.496 e. The highest BCUT2D eigenvalue weighted by Gasteiger charge is 2.37. The van der Waals surface area contributed by atoms with Gasteiger partial charge in [0.05, 0.1) is 23.9 Å². The van der Waals surface area contributed by atoms with E-state index in [0.29, 0.717) is 36.5 Å². The number of carbonyl (C=O) groups is 1. The molecule has 13 heteroatoms. The highest BCUT2D eigenvalue weighted by atomic mass is 19.4. The van der Waals surface area contributed by atoms with Gasteiger partial charge in [0.25, 0.3) is 5.91 Å². The monoisotopic (exact) mass is 555 g/mol. The Morgan fingerprint density at radius 1 is 0.974 bits per heavy atom. The molecule has 0 spiro atoms. The lowest BCUT2D eigenvalue weighted by Crippen LogP contribution is -2.25. The van der Waals surface area contributed by atoms with Crippen LogP contribution in [0.15, 0.2) is 42.5 Å². The van der Waals surface area contributed by atoms with E-state index in [1.54, 1.807) is 24.3 Å². The summed E-state index contributed by atoms with van der Waals surface area (Å²) in [6.45, 7) is 0.917. The van der Waals surface area contributed by atoms with Gasteiger partial charge in [-0.3, -0.25) is 4.79 Å². The molecule has 2 aromatic carbocycles. The molecule has 0 unspecified atom stereocenters. The topological polar surface area (TPSA) is 79.4 Å². The van der Waals surface area contributed by atoms with Crippen LogP contribution in [0.1, 0.15) is 32.9 Å². The van der Waals surface area contributed by atoms with Gasteiger partial charge in [0.2, 0.25) is 5.95 Å². The molecule has 2 N–H and O–H groups in total. The minimum Gasteiger partial charge on any atom is -0.496 e. The van der Waals surface area contributed by atoms with Crippen molar-refractivity contribution in [2.24, 2.45) is 0 Å². The summed E-state index contributed by atoms with van der Waals surface area (Å²) in [5.41, 5.74) is -2.82. The van der Waals surface area contributed by atoms with Crippen LogP contribution in [-0.4, -0.2) is 62.1 Å². The number of amides is 1. The van der Waals surface area contributed by atoms with Crippen molar-refractivity contribution in [3.63, 3.8) is 0 Å². The molecule has 0 radical (unpaired) electrons. The third-order valence-corrected chi connectivity index (χ3v) is 5.66. The summed E-state index contributed by atoms with van der Waals surface area (Å²) in [5, 5.41) is 5.44. The Bertz CT molecular complexity index is 1290. The number of nitrogens with one attached hydrogen (secondary N) is 2. The standard InChI is InChI=1S/C26H27F6N5O2/c1-33-23(38)22-21(18-7-5-6-8-20(18)39-4)19(35-24(36-22)34-9-10-37(2)3)13-15-11-16(25(27,28)29)14-17(12-15)26(30,31)32/h5-8,11-12,14H,9-10,13H2,1-4H3,(H,33,38)(H,34,35,36). The molecule has 1 aromatic heterocycles. The van der Waals surface area contributed by atoms with Crippen molar-refractivity contribution in [2.75, 3.05) is 46.7 Å². The van der Waals surface area contributed by atoms with Crippen LogP contribution in [-0.2, 0) is 18.8 Å². The minimum atomic E-state index is -5.01. The van der Waals surface area contributed by atoms with E-state index < -0.39 is 35.8 Å². The van der Waals surface area contributed by atoms with Gasteiger partial charge >= 0.3 is 12.4 Å². The molecule has 0 aliphatic heterocycles. The molecule has 7 nitrogen and oxygen atoms in total. The van der Waals surface area contributed by atoms with E-state index in [-0.39, 0.29) is 34.5 Å². The molecule has 0 aliphatic rings. The van der Waals surface area contributed by atoms with E-state index in [9.17, 15) is 31.1 Å². The summed E-state index contributed by atoms with van der Waals surface area (Å²) >= 11 is 0. The molecule has 3 rings (SSSR count). The first-order valence-electron chi connectivity index (χ1n) is 11.7. The van der Waals surface area contributed by atoms with Crippen LogP contribution in [0, 0.1) is 0 Å². The van der Waals surface area contributed by atoms with Crippen molar-refractivity contribution in [3.8, 4) is 16.9 Å². The van der Waals surface area contributed by atoms with Gasteiger partial charge in [-0.05, 0) is 43.9 Å². The van der Waals surface area contributed by atoms with Crippen LogP contribution in [0.5, 0.6) is 5.75 Å². The molecule has 0 bridgehead atoms. The lowest BCUT2D eigenvalue weighted by atomic mass is 9.94. The SMILES string of the molecule is CNC(=O)c1nc(NCCN(C)C)nc(Cc2cc(C(F)(F)F)cc(C(F)(F)F)c2)c1-c1ccccc1OC. The number of para-hydroxylation sites is 1. The number of aromatic nitrogens is 2. The average molecular weight is 556 g/mol. The van der Waals surface area contributed by atoms with Crippen LogP contribution >= 0.6 is 0 Å². The van der Waals surface area contributed by atoms with Crippen LogP contribution in [0.25, 0.3) is 11.1 Å². The number of carbonyl (C=O) groups excluding carboxylic acids is 1. The molecule has 210 valence electrons. The van der Waals surface area contributed by atoms with Crippen LogP contribution < -0.4 is 15.4 Å². The Labute approximate surface area is 221 Å². The minimum absolute atomic E-state index is 0.00730. The molecule has 1 amide bonds. The van der Waals surface area contributed by atoms with Gasteiger partial charge < -0.3 is 20.3 Å². The van der Waals surface area contributed by atoms with Gasteiger partial charge in [-0.15, -0.1) is 0 Å². The van der Waals surface area contributed by atoms with E-state index >= 15 is 0 Å². The summed E-state index contributed by atoms with van der Waals surface area (Å²) in [5.74, 6) is -0.330. The van der Waals surface area contributed by atoms with Crippen molar-refractivity contribution in [2.45, 2.75) is 18.8 Å². The van der Waals surface area contributed by atoms with E-state index in [2.05, 4.69) is 20.6 Å². The van der Waals surface area contributed by atoms with Crippen LogP contribution in [0.4, 0.5) is 32.3 Å². The molecule has 0 saturated heterocycles. The summed E-state index contributed by atoms with van der Waals surface area (Å²) < 4.78 is 86.6. The van der Waals surface area contributed by atoms with E-state index in [0.717, 1.165) is 0 Å². The quantitative estimate of drug-likeness (QED) is 0.357. The number of hydrogen-bond donors (Lipinski definition) is 2. The fraction of sp³-hybridized carbons (Fsp3) is 0.346. The van der Waals surface area contributed by atoms with Crippen molar-refractivity contribution < 1.29 is 35.9 Å². The lowest BCUT2D eigenvalue weighted by Gasteiger charge is -2.19. The molecule has 0 saturated carbocycles. The van der Waals surface area contributed by atoms with E-state index in [1.165, 1.54) is 14.2 Å². The third kappa shape index (κ3) is 7.37. The normalized spacial score (nSPS) is 12.0. The molecule has 0 atom stereocenters. The second kappa shape index (κ2) is 11.9. The summed E-state index contributed by atoms with van der Waals surface area (Å²) in [6.07, 6.45) is -10.5. The van der Waals surface area contributed by atoms with Gasteiger partial charge in [0.15, 0.2) is 0 Å².